The third-order valence-corrected chi connectivity index (χ3v) is 10.5. The van der Waals surface area contributed by atoms with E-state index in [4.69, 9.17) is 4.98 Å². The lowest BCUT2D eigenvalue weighted by Crippen LogP contribution is -2.17. The molecule has 5 aromatic carbocycles. The molecule has 0 radical (unpaired) electrons. The molecule has 4 nitrogen and oxygen atoms in total. The molecule has 0 aliphatic rings. The first-order chi connectivity index (χ1) is 20.4. The van der Waals surface area contributed by atoms with E-state index in [0.717, 1.165) is 16.7 Å². The molecule has 9 rings (SSSR count). The van der Waals surface area contributed by atoms with Gasteiger partial charge in [-0.3, -0.25) is 9.38 Å². The minimum atomic E-state index is -0.964. The zero-order chi connectivity index (χ0) is 26.9. The van der Waals surface area contributed by atoms with E-state index in [1.54, 1.807) is 0 Å². The molecule has 0 bridgehead atoms. The van der Waals surface area contributed by atoms with Crippen molar-refractivity contribution in [2.75, 3.05) is 0 Å². The first kappa shape index (κ1) is 22.7. The van der Waals surface area contributed by atoms with Gasteiger partial charge >= 0.3 is 0 Å². The van der Waals surface area contributed by atoms with Crippen molar-refractivity contribution in [2.45, 2.75) is 0 Å². The van der Waals surface area contributed by atoms with Gasteiger partial charge in [0.25, 0.3) is 0 Å². The minimum absolute atomic E-state index is 0.964. The van der Waals surface area contributed by atoms with Crippen molar-refractivity contribution >= 4 is 78.8 Å². The molecule has 1 unspecified atom stereocenters. The van der Waals surface area contributed by atoms with Gasteiger partial charge in [-0.25, -0.2) is 4.98 Å². The molecule has 41 heavy (non-hydrogen) atoms. The van der Waals surface area contributed by atoms with Crippen LogP contribution >= 0.6 is 8.07 Å². The number of nitrogens with zero attached hydrogens (tertiary/aromatic N) is 4. The molecule has 0 fully saturated rings. The van der Waals surface area contributed by atoms with Crippen LogP contribution in [0.4, 0.5) is 0 Å². The Hall–Kier alpha value is -5.05. The van der Waals surface area contributed by atoms with Gasteiger partial charge in [-0.1, -0.05) is 78.9 Å². The molecule has 0 saturated carbocycles. The maximum atomic E-state index is 5.18. The topological polar surface area (TPSA) is 35.1 Å². The average molecular weight is 543 g/mol. The summed E-state index contributed by atoms with van der Waals surface area (Å²) in [4.78, 5) is 9.55. The Morgan fingerprint density at radius 2 is 1.05 bits per heavy atom. The molecule has 1 atom stereocenters. The van der Waals surface area contributed by atoms with E-state index in [2.05, 4.69) is 141 Å². The maximum Gasteiger partial charge on any atom is 0.146 e. The average Bonchev–Trinajstić information content (AvgIpc) is 3.59. The summed E-state index contributed by atoms with van der Waals surface area (Å²) >= 11 is 0. The van der Waals surface area contributed by atoms with E-state index in [1.165, 1.54) is 54.1 Å². The quantitative estimate of drug-likeness (QED) is 0.167. The van der Waals surface area contributed by atoms with Gasteiger partial charge in [0.15, 0.2) is 0 Å². The van der Waals surface area contributed by atoms with Crippen molar-refractivity contribution in [1.82, 2.24) is 18.7 Å². The van der Waals surface area contributed by atoms with Crippen LogP contribution in [0.15, 0.2) is 140 Å². The van der Waals surface area contributed by atoms with Gasteiger partial charge in [-0.2, -0.15) is 0 Å². The summed E-state index contributed by atoms with van der Waals surface area (Å²) < 4.78 is 4.88. The van der Waals surface area contributed by atoms with E-state index < -0.39 is 8.07 Å². The van der Waals surface area contributed by atoms with Crippen LogP contribution in [0, 0.1) is 0 Å². The Bertz CT molecular complexity index is 2390. The number of benzene rings is 5. The third-order valence-electron chi connectivity index (χ3n) is 8.15. The summed E-state index contributed by atoms with van der Waals surface area (Å²) in [6.07, 6.45) is 3.82. The lowest BCUT2D eigenvalue weighted by atomic mass is 10.1. The van der Waals surface area contributed by atoms with Crippen LogP contribution in [-0.4, -0.2) is 18.7 Å². The molecule has 9 aromatic rings. The number of fused-ring (bicyclic) bond motifs is 11. The largest absolute Gasteiger partial charge is 0.310 e. The Morgan fingerprint density at radius 1 is 0.463 bits per heavy atom. The monoisotopic (exact) mass is 542 g/mol. The molecular weight excluding hydrogens is 519 g/mol. The third kappa shape index (κ3) is 3.26. The first-order valence-corrected chi connectivity index (χ1v) is 15.1. The van der Waals surface area contributed by atoms with E-state index in [-0.39, 0.29) is 0 Å². The van der Waals surface area contributed by atoms with Crippen molar-refractivity contribution in [3.8, 4) is 0 Å². The van der Waals surface area contributed by atoms with Crippen LogP contribution in [0.25, 0.3) is 60.2 Å². The van der Waals surface area contributed by atoms with Gasteiger partial charge in [0.05, 0.1) is 35.7 Å². The van der Waals surface area contributed by atoms with Crippen LogP contribution in [0.1, 0.15) is 0 Å². The summed E-state index contributed by atoms with van der Waals surface area (Å²) in [6.45, 7) is 0. The van der Waals surface area contributed by atoms with Gasteiger partial charge in [0.1, 0.15) is 5.65 Å². The van der Waals surface area contributed by atoms with Crippen LogP contribution < -0.4 is 10.6 Å². The zero-order valence-corrected chi connectivity index (χ0v) is 22.9. The Labute approximate surface area is 236 Å². The SMILES string of the molecule is c1ccc2c(c1)nc1c3cc(P(c4ccncc4)n4c5ccccc5c5ccccc54)ccc3c3ccccc3n21. The number of para-hydroxylation sites is 5. The number of imidazole rings is 1. The van der Waals surface area contributed by atoms with Crippen molar-refractivity contribution in [2.24, 2.45) is 0 Å². The second kappa shape index (κ2) is 8.72. The highest BCUT2D eigenvalue weighted by Crippen LogP contribution is 2.45. The first-order valence-electron chi connectivity index (χ1n) is 13.8. The number of rotatable bonds is 3. The highest BCUT2D eigenvalue weighted by molar-refractivity contribution is 7.72. The van der Waals surface area contributed by atoms with Gasteiger partial charge in [-0.05, 0) is 53.9 Å². The molecule has 0 aliphatic heterocycles. The van der Waals surface area contributed by atoms with E-state index >= 15 is 0 Å². The Kier molecular flexibility index (Phi) is 4.84. The molecule has 4 aromatic heterocycles. The van der Waals surface area contributed by atoms with Crippen LogP contribution in [0.2, 0.25) is 0 Å². The summed E-state index contributed by atoms with van der Waals surface area (Å²) in [6, 6.07) is 46.0. The fourth-order valence-electron chi connectivity index (χ4n) is 6.41. The number of pyridine rings is 2. The smallest absolute Gasteiger partial charge is 0.146 e. The lowest BCUT2D eigenvalue weighted by molar-refractivity contribution is 1.31. The van der Waals surface area contributed by atoms with E-state index in [0.29, 0.717) is 0 Å². The normalized spacial score (nSPS) is 12.8. The Morgan fingerprint density at radius 3 is 1.76 bits per heavy atom. The van der Waals surface area contributed by atoms with E-state index in [9.17, 15) is 0 Å². The van der Waals surface area contributed by atoms with Crippen molar-refractivity contribution in [3.63, 3.8) is 0 Å². The van der Waals surface area contributed by atoms with Gasteiger partial charge in [-0.15, -0.1) is 0 Å². The number of hydrogen-bond donors (Lipinski definition) is 0. The Balaban J connectivity index is 1.42. The minimum Gasteiger partial charge on any atom is -0.310 e. The van der Waals surface area contributed by atoms with Gasteiger partial charge in [0.2, 0.25) is 0 Å². The molecule has 0 spiro atoms. The summed E-state index contributed by atoms with van der Waals surface area (Å²) in [5.74, 6) is 0. The fraction of sp³-hybridized carbons (Fsp3) is 0. The molecule has 192 valence electrons. The predicted molar refractivity (Wildman–Crippen MR) is 173 cm³/mol. The summed E-state index contributed by atoms with van der Waals surface area (Å²) in [5.41, 5.74) is 6.79. The van der Waals surface area contributed by atoms with Crippen molar-refractivity contribution in [1.29, 1.82) is 0 Å². The molecule has 0 amide bonds. The number of hydrogen-bond acceptors (Lipinski definition) is 2. The van der Waals surface area contributed by atoms with Crippen molar-refractivity contribution < 1.29 is 0 Å². The van der Waals surface area contributed by atoms with Crippen molar-refractivity contribution in [3.05, 3.63) is 140 Å². The molecule has 5 heteroatoms. The lowest BCUT2D eigenvalue weighted by Gasteiger charge is -2.23. The standard InChI is InChI=1S/C36H23N4P/c1-5-13-32-27(9-1)26-18-17-25(23-30(26)36-38-31-12-4-8-16-35(31)39(32)36)41(24-19-21-37-22-20-24)40-33-14-6-2-10-28(33)29-11-3-7-15-34(29)40/h1-23H. The molecular formula is C36H23N4P. The zero-order valence-electron chi connectivity index (χ0n) is 22.0. The second-order valence-electron chi connectivity index (χ2n) is 10.4. The summed E-state index contributed by atoms with van der Waals surface area (Å²) in [5, 5.41) is 8.70. The van der Waals surface area contributed by atoms with Crippen LogP contribution in [0.5, 0.6) is 0 Å². The van der Waals surface area contributed by atoms with E-state index in [1.807, 2.05) is 12.4 Å². The highest BCUT2D eigenvalue weighted by atomic mass is 31.1. The molecule has 0 saturated heterocycles. The molecule has 4 heterocycles. The van der Waals surface area contributed by atoms with Gasteiger partial charge < -0.3 is 4.34 Å². The fourth-order valence-corrected chi connectivity index (χ4v) is 8.84. The summed E-state index contributed by atoms with van der Waals surface area (Å²) in [7, 11) is -0.964. The molecule has 0 N–H and O–H groups in total. The maximum absolute atomic E-state index is 5.18. The predicted octanol–water partition coefficient (Wildman–Crippen LogP) is 8.19. The second-order valence-corrected chi connectivity index (χ2v) is 12.4. The molecule has 0 aliphatic carbocycles. The van der Waals surface area contributed by atoms with Crippen LogP contribution in [0.3, 0.4) is 0 Å². The van der Waals surface area contributed by atoms with Crippen LogP contribution in [-0.2, 0) is 0 Å². The van der Waals surface area contributed by atoms with Gasteiger partial charge in [0, 0.05) is 44.5 Å². The number of aromatic nitrogens is 4. The highest BCUT2D eigenvalue weighted by Gasteiger charge is 2.23.